The average molecular weight is 258 g/mol. The van der Waals surface area contributed by atoms with Crippen molar-refractivity contribution in [3.63, 3.8) is 0 Å². The minimum atomic E-state index is -0.166. The highest BCUT2D eigenvalue weighted by atomic mass is 16.2. The number of nitrogens with one attached hydrogen (secondary N) is 2. The van der Waals surface area contributed by atoms with Crippen LogP contribution in [0.15, 0.2) is 18.2 Å². The number of rotatable bonds is 4. The Morgan fingerprint density at radius 1 is 1.16 bits per heavy atom. The molecule has 0 radical (unpaired) electrons. The lowest BCUT2D eigenvalue weighted by molar-refractivity contribution is -0.120. The van der Waals surface area contributed by atoms with E-state index in [0.29, 0.717) is 11.6 Å². The van der Waals surface area contributed by atoms with Crippen molar-refractivity contribution in [1.82, 2.24) is 10.6 Å². The van der Waals surface area contributed by atoms with Crippen LogP contribution >= 0.6 is 0 Å². The lowest BCUT2D eigenvalue weighted by atomic mass is 10.1. The molecule has 2 amide bonds. The van der Waals surface area contributed by atoms with Crippen molar-refractivity contribution < 1.29 is 9.59 Å². The van der Waals surface area contributed by atoms with Crippen LogP contribution < -0.4 is 10.6 Å². The van der Waals surface area contributed by atoms with E-state index < -0.39 is 0 Å². The van der Waals surface area contributed by atoms with Crippen LogP contribution in [0.1, 0.15) is 40.7 Å². The molecule has 2 aliphatic rings. The molecular weight excluding hydrogens is 240 g/mol. The van der Waals surface area contributed by atoms with Gasteiger partial charge in [-0.15, -0.1) is 0 Å². The van der Waals surface area contributed by atoms with Gasteiger partial charge in [-0.2, -0.15) is 0 Å². The maximum Gasteiger partial charge on any atom is 0.251 e. The molecule has 4 nitrogen and oxygen atoms in total. The van der Waals surface area contributed by atoms with E-state index in [-0.39, 0.29) is 18.4 Å². The number of amides is 2. The standard InChI is InChI=1S/C15H18N2O2/c18-14(17-13-6-7-13)9-16-15(19)12-5-4-10-2-1-3-11(10)8-12/h4-5,8,13H,1-3,6-7,9H2,(H,16,19)(H,17,18). The van der Waals surface area contributed by atoms with E-state index in [1.807, 2.05) is 18.2 Å². The number of carbonyl (C=O) groups is 2. The van der Waals surface area contributed by atoms with E-state index in [1.165, 1.54) is 17.5 Å². The maximum absolute atomic E-state index is 12.0. The number of fused-ring (bicyclic) bond motifs is 1. The predicted octanol–water partition coefficient (Wildman–Crippen LogP) is 1.18. The van der Waals surface area contributed by atoms with Gasteiger partial charge in [-0.1, -0.05) is 6.07 Å². The summed E-state index contributed by atoms with van der Waals surface area (Å²) in [6, 6.07) is 6.17. The fourth-order valence-electron chi connectivity index (χ4n) is 2.48. The summed E-state index contributed by atoms with van der Waals surface area (Å²) in [4.78, 5) is 23.4. The molecular formula is C15H18N2O2. The molecule has 4 heteroatoms. The third-order valence-corrected chi connectivity index (χ3v) is 3.71. The Hall–Kier alpha value is -1.84. The Morgan fingerprint density at radius 3 is 2.74 bits per heavy atom. The Labute approximate surface area is 112 Å². The summed E-state index contributed by atoms with van der Waals surface area (Å²) >= 11 is 0. The maximum atomic E-state index is 12.0. The van der Waals surface area contributed by atoms with Gasteiger partial charge >= 0.3 is 0 Å². The lowest BCUT2D eigenvalue weighted by Gasteiger charge is -2.07. The first-order valence-electron chi connectivity index (χ1n) is 6.92. The highest BCUT2D eigenvalue weighted by Crippen LogP contribution is 2.22. The Bertz CT molecular complexity index is 521. The van der Waals surface area contributed by atoms with Gasteiger partial charge in [-0.3, -0.25) is 9.59 Å². The Balaban J connectivity index is 1.56. The van der Waals surface area contributed by atoms with E-state index >= 15 is 0 Å². The lowest BCUT2D eigenvalue weighted by Crippen LogP contribution is -2.37. The third-order valence-electron chi connectivity index (χ3n) is 3.71. The second-order valence-corrected chi connectivity index (χ2v) is 5.36. The molecule has 0 bridgehead atoms. The molecule has 1 aromatic carbocycles. The molecule has 0 heterocycles. The number of benzene rings is 1. The number of hydrogen-bond acceptors (Lipinski definition) is 2. The van der Waals surface area contributed by atoms with Crippen molar-refractivity contribution in [2.75, 3.05) is 6.54 Å². The summed E-state index contributed by atoms with van der Waals surface area (Å²) in [6.45, 7) is 0.0619. The van der Waals surface area contributed by atoms with Gasteiger partial charge in [0.25, 0.3) is 5.91 Å². The molecule has 1 saturated carbocycles. The largest absolute Gasteiger partial charge is 0.352 e. The van der Waals surface area contributed by atoms with Crippen molar-refractivity contribution >= 4 is 11.8 Å². The van der Waals surface area contributed by atoms with Crippen LogP contribution in [-0.4, -0.2) is 24.4 Å². The zero-order valence-corrected chi connectivity index (χ0v) is 10.9. The van der Waals surface area contributed by atoms with Gasteiger partial charge in [0.1, 0.15) is 0 Å². The highest BCUT2D eigenvalue weighted by Gasteiger charge is 2.23. The normalized spacial score (nSPS) is 16.8. The molecule has 0 spiro atoms. The van der Waals surface area contributed by atoms with E-state index in [4.69, 9.17) is 0 Å². The van der Waals surface area contributed by atoms with Crippen molar-refractivity contribution in [1.29, 1.82) is 0 Å². The molecule has 0 aliphatic heterocycles. The molecule has 0 atom stereocenters. The van der Waals surface area contributed by atoms with Gasteiger partial charge in [0, 0.05) is 11.6 Å². The number of aryl methyl sites for hydroxylation is 2. The molecule has 2 N–H and O–H groups in total. The van der Waals surface area contributed by atoms with Crippen LogP contribution in [0, 0.1) is 0 Å². The molecule has 3 rings (SSSR count). The van der Waals surface area contributed by atoms with E-state index in [2.05, 4.69) is 10.6 Å². The van der Waals surface area contributed by atoms with Gasteiger partial charge < -0.3 is 10.6 Å². The molecule has 0 unspecified atom stereocenters. The highest BCUT2D eigenvalue weighted by molar-refractivity contribution is 5.96. The fourth-order valence-corrected chi connectivity index (χ4v) is 2.48. The van der Waals surface area contributed by atoms with Crippen LogP contribution in [0.4, 0.5) is 0 Å². The second-order valence-electron chi connectivity index (χ2n) is 5.36. The first-order valence-corrected chi connectivity index (χ1v) is 6.92. The molecule has 1 aromatic rings. The first-order chi connectivity index (χ1) is 9.22. The van der Waals surface area contributed by atoms with Gasteiger partial charge in [-0.05, 0) is 55.4 Å². The van der Waals surface area contributed by atoms with Crippen molar-refractivity contribution in [2.24, 2.45) is 0 Å². The second kappa shape index (κ2) is 5.03. The van der Waals surface area contributed by atoms with Crippen LogP contribution in [0.2, 0.25) is 0 Å². The van der Waals surface area contributed by atoms with Gasteiger partial charge in [0.05, 0.1) is 6.54 Å². The Morgan fingerprint density at radius 2 is 1.95 bits per heavy atom. The predicted molar refractivity (Wildman–Crippen MR) is 72.0 cm³/mol. The molecule has 19 heavy (non-hydrogen) atoms. The minimum Gasteiger partial charge on any atom is -0.352 e. The van der Waals surface area contributed by atoms with Crippen molar-refractivity contribution in [3.8, 4) is 0 Å². The van der Waals surface area contributed by atoms with Crippen molar-refractivity contribution in [3.05, 3.63) is 34.9 Å². The zero-order chi connectivity index (χ0) is 13.2. The van der Waals surface area contributed by atoms with Gasteiger partial charge in [-0.25, -0.2) is 0 Å². The summed E-state index contributed by atoms with van der Waals surface area (Å²) in [5, 5.41) is 5.52. The van der Waals surface area contributed by atoms with Crippen LogP contribution in [-0.2, 0) is 17.6 Å². The van der Waals surface area contributed by atoms with Gasteiger partial charge in [0.2, 0.25) is 5.91 Å². The summed E-state index contributed by atoms with van der Waals surface area (Å²) in [7, 11) is 0. The molecule has 2 aliphatic carbocycles. The SMILES string of the molecule is O=C(CNC(=O)c1ccc2c(c1)CCC2)NC1CC1. The third kappa shape index (κ3) is 2.95. The van der Waals surface area contributed by atoms with E-state index in [9.17, 15) is 9.59 Å². The Kier molecular flexibility index (Phi) is 3.23. The minimum absolute atomic E-state index is 0.0619. The van der Waals surface area contributed by atoms with E-state index in [1.54, 1.807) is 0 Å². The molecule has 100 valence electrons. The molecule has 0 saturated heterocycles. The van der Waals surface area contributed by atoms with Crippen LogP contribution in [0.25, 0.3) is 0 Å². The van der Waals surface area contributed by atoms with Crippen molar-refractivity contribution in [2.45, 2.75) is 38.1 Å². The zero-order valence-electron chi connectivity index (χ0n) is 10.9. The summed E-state index contributed by atoms with van der Waals surface area (Å²) in [6.07, 6.45) is 5.46. The smallest absolute Gasteiger partial charge is 0.251 e. The molecule has 0 aromatic heterocycles. The average Bonchev–Trinajstić information content (AvgIpc) is 3.09. The molecule has 1 fully saturated rings. The van der Waals surface area contributed by atoms with Crippen LogP contribution in [0.5, 0.6) is 0 Å². The topological polar surface area (TPSA) is 58.2 Å². The summed E-state index contributed by atoms with van der Waals surface area (Å²) in [5.41, 5.74) is 3.28. The first kappa shape index (κ1) is 12.2. The number of carbonyl (C=O) groups excluding carboxylic acids is 2. The monoisotopic (exact) mass is 258 g/mol. The van der Waals surface area contributed by atoms with Gasteiger partial charge in [0.15, 0.2) is 0 Å². The number of hydrogen-bond donors (Lipinski definition) is 2. The summed E-state index contributed by atoms with van der Waals surface area (Å²) in [5.74, 6) is -0.266. The van der Waals surface area contributed by atoms with E-state index in [0.717, 1.165) is 25.7 Å². The quantitative estimate of drug-likeness (QED) is 0.852. The summed E-state index contributed by atoms with van der Waals surface area (Å²) < 4.78 is 0. The fraction of sp³-hybridized carbons (Fsp3) is 0.467. The van der Waals surface area contributed by atoms with Crippen LogP contribution in [0.3, 0.4) is 0 Å².